The Morgan fingerprint density at radius 2 is 1.71 bits per heavy atom. The Morgan fingerprint density at radius 3 is 2.29 bits per heavy atom. The molecule has 4 rings (SSSR count). The third kappa shape index (κ3) is 4.63. The van der Waals surface area contributed by atoms with Crippen LogP contribution in [-0.4, -0.2) is 43.0 Å². The molecule has 35 heavy (non-hydrogen) atoms. The summed E-state index contributed by atoms with van der Waals surface area (Å²) in [6, 6.07) is 15.1. The van der Waals surface area contributed by atoms with Crippen LogP contribution in [0, 0.1) is 0 Å². The van der Waals surface area contributed by atoms with Gasteiger partial charge >= 0.3 is 0 Å². The molecule has 1 N–H and O–H groups in total. The van der Waals surface area contributed by atoms with E-state index in [-0.39, 0.29) is 12.1 Å². The third-order valence-corrected chi connectivity index (χ3v) is 5.70. The molecule has 1 unspecified atom stereocenters. The van der Waals surface area contributed by atoms with Gasteiger partial charge in [0.05, 0.1) is 45.8 Å². The van der Waals surface area contributed by atoms with Gasteiger partial charge in [0.1, 0.15) is 5.76 Å². The highest BCUT2D eigenvalue weighted by Crippen LogP contribution is 2.45. The van der Waals surface area contributed by atoms with Crippen LogP contribution in [0.5, 0.6) is 17.2 Å². The molecule has 0 saturated carbocycles. The molecular weight excluding hydrogens is 450 g/mol. The molecule has 0 aliphatic carbocycles. The number of aliphatic hydroxyl groups excluding tert-OH is 1. The number of hydrogen-bond donors (Lipinski definition) is 1. The van der Waals surface area contributed by atoms with Crippen LogP contribution in [0.2, 0.25) is 0 Å². The second-order valence-electron chi connectivity index (χ2n) is 7.74. The number of rotatable bonds is 9. The number of carbonyl (C=O) groups is 2. The van der Waals surface area contributed by atoms with Crippen LogP contribution in [0.4, 0.5) is 0 Å². The number of hydrogen-bond acceptors (Lipinski definition) is 7. The smallest absolute Gasteiger partial charge is 0.290 e. The number of methoxy groups -OCH3 is 3. The Labute approximate surface area is 202 Å². The first-order valence-corrected chi connectivity index (χ1v) is 10.8. The van der Waals surface area contributed by atoms with Crippen molar-refractivity contribution < 1.29 is 33.3 Å². The zero-order valence-corrected chi connectivity index (χ0v) is 19.6. The zero-order valence-electron chi connectivity index (χ0n) is 19.6. The number of carbonyl (C=O) groups excluding carboxylic acids is 2. The number of ether oxygens (including phenoxy) is 3. The Bertz CT molecular complexity index is 1250. The van der Waals surface area contributed by atoms with Crippen molar-refractivity contribution in [3.05, 3.63) is 95.2 Å². The monoisotopic (exact) mass is 475 g/mol. The van der Waals surface area contributed by atoms with E-state index in [1.165, 1.54) is 38.6 Å². The summed E-state index contributed by atoms with van der Waals surface area (Å²) in [6.45, 7) is 0.0381. The molecular formula is C27H25NO7. The van der Waals surface area contributed by atoms with Gasteiger partial charge in [0.2, 0.25) is 5.75 Å². The Kier molecular flexibility index (Phi) is 6.91. The number of allylic oxidation sites excluding steroid dienone is 1. The highest BCUT2D eigenvalue weighted by Gasteiger charge is 2.44. The van der Waals surface area contributed by atoms with E-state index in [9.17, 15) is 14.7 Å². The van der Waals surface area contributed by atoms with Crippen molar-refractivity contribution in [2.45, 2.75) is 12.6 Å². The van der Waals surface area contributed by atoms with Crippen molar-refractivity contribution in [3.8, 4) is 17.2 Å². The van der Waals surface area contributed by atoms with Crippen LogP contribution in [0.3, 0.4) is 0 Å². The van der Waals surface area contributed by atoms with Crippen molar-refractivity contribution in [3.63, 3.8) is 0 Å². The quantitative estimate of drug-likeness (QED) is 0.456. The number of nitrogens with zero attached hydrogens (tertiary/aromatic N) is 1. The lowest BCUT2D eigenvalue weighted by Gasteiger charge is -2.27. The maximum Gasteiger partial charge on any atom is 0.290 e. The SMILES string of the molecule is COc1cc(C2C(C(=O)/C=C/c3ccccc3)=C(O)C(=O)N2Cc2ccco2)cc(OC)c1OC. The average molecular weight is 475 g/mol. The van der Waals surface area contributed by atoms with Gasteiger partial charge in [-0.3, -0.25) is 9.59 Å². The fraction of sp³-hybridized carbons (Fsp3) is 0.185. The van der Waals surface area contributed by atoms with Crippen LogP contribution in [0.25, 0.3) is 6.08 Å². The third-order valence-electron chi connectivity index (χ3n) is 5.70. The first-order valence-electron chi connectivity index (χ1n) is 10.8. The highest BCUT2D eigenvalue weighted by atomic mass is 16.5. The molecule has 180 valence electrons. The zero-order chi connectivity index (χ0) is 24.9. The largest absolute Gasteiger partial charge is 0.503 e. The molecule has 0 bridgehead atoms. The summed E-state index contributed by atoms with van der Waals surface area (Å²) in [7, 11) is 4.43. The number of amides is 1. The molecule has 2 heterocycles. The number of furan rings is 1. The molecule has 3 aromatic rings. The molecule has 0 spiro atoms. The Hall–Kier alpha value is -4.46. The minimum atomic E-state index is -0.922. The number of benzene rings is 2. The first-order chi connectivity index (χ1) is 17.0. The predicted octanol–water partition coefficient (Wildman–Crippen LogP) is 4.48. The maximum atomic E-state index is 13.3. The van der Waals surface area contributed by atoms with Crippen LogP contribution in [-0.2, 0) is 16.1 Å². The molecule has 1 aliphatic heterocycles. The molecule has 2 aromatic carbocycles. The van der Waals surface area contributed by atoms with Crippen molar-refractivity contribution in [2.75, 3.05) is 21.3 Å². The minimum absolute atomic E-state index is 0.0381. The number of ketones is 1. The molecule has 0 saturated heterocycles. The van der Waals surface area contributed by atoms with E-state index in [2.05, 4.69) is 0 Å². The summed E-state index contributed by atoms with van der Waals surface area (Å²) in [4.78, 5) is 27.9. The Morgan fingerprint density at radius 1 is 1.03 bits per heavy atom. The van der Waals surface area contributed by atoms with E-state index in [0.717, 1.165) is 5.56 Å². The molecule has 0 radical (unpaired) electrons. The summed E-state index contributed by atoms with van der Waals surface area (Å²) in [6.07, 6.45) is 4.47. The first kappa shape index (κ1) is 23.7. The van der Waals surface area contributed by atoms with Crippen molar-refractivity contribution in [1.29, 1.82) is 0 Å². The average Bonchev–Trinajstić information content (AvgIpc) is 3.49. The van der Waals surface area contributed by atoms with E-state index in [4.69, 9.17) is 18.6 Å². The topological polar surface area (TPSA) is 98.4 Å². The lowest BCUT2D eigenvalue weighted by Crippen LogP contribution is -2.30. The van der Waals surface area contributed by atoms with Gasteiger partial charge < -0.3 is 28.6 Å². The van der Waals surface area contributed by atoms with E-state index in [1.807, 2.05) is 30.3 Å². The molecule has 8 nitrogen and oxygen atoms in total. The van der Waals surface area contributed by atoms with Crippen LogP contribution < -0.4 is 14.2 Å². The predicted molar refractivity (Wildman–Crippen MR) is 128 cm³/mol. The molecule has 1 amide bonds. The van der Waals surface area contributed by atoms with Gasteiger partial charge in [-0.1, -0.05) is 36.4 Å². The van der Waals surface area contributed by atoms with Crippen LogP contribution in [0.1, 0.15) is 22.9 Å². The van der Waals surface area contributed by atoms with Gasteiger partial charge in [0.15, 0.2) is 23.0 Å². The normalized spacial score (nSPS) is 15.7. The second-order valence-corrected chi connectivity index (χ2v) is 7.74. The lowest BCUT2D eigenvalue weighted by atomic mass is 9.94. The molecule has 8 heteroatoms. The van der Waals surface area contributed by atoms with E-state index >= 15 is 0 Å². The van der Waals surface area contributed by atoms with Gasteiger partial charge in [-0.2, -0.15) is 0 Å². The second kappa shape index (κ2) is 10.2. The van der Waals surface area contributed by atoms with E-state index in [0.29, 0.717) is 28.6 Å². The number of aliphatic hydroxyl groups is 1. The summed E-state index contributed by atoms with van der Waals surface area (Å²) < 4.78 is 21.8. The van der Waals surface area contributed by atoms with Crippen molar-refractivity contribution >= 4 is 17.8 Å². The summed E-state index contributed by atoms with van der Waals surface area (Å²) in [5.74, 6) is -0.228. The summed E-state index contributed by atoms with van der Waals surface area (Å²) in [5.41, 5.74) is 1.25. The molecule has 0 fully saturated rings. The fourth-order valence-corrected chi connectivity index (χ4v) is 4.07. The van der Waals surface area contributed by atoms with Gasteiger partial charge in [-0.25, -0.2) is 0 Å². The standard InChI is InChI=1S/C27H25NO7/c1-32-21-14-18(15-22(33-2)26(21)34-3)24-23(20(29)12-11-17-8-5-4-6-9-17)25(30)27(31)28(24)16-19-10-7-13-35-19/h4-15,24,30H,16H2,1-3H3/b12-11+. The van der Waals surface area contributed by atoms with Crippen LogP contribution in [0.15, 0.2) is 82.7 Å². The van der Waals surface area contributed by atoms with Crippen molar-refractivity contribution in [2.24, 2.45) is 0 Å². The van der Waals surface area contributed by atoms with Gasteiger partial charge in [-0.15, -0.1) is 0 Å². The van der Waals surface area contributed by atoms with Gasteiger partial charge in [-0.05, 0) is 41.5 Å². The summed E-state index contributed by atoms with van der Waals surface area (Å²) in [5, 5.41) is 10.8. The van der Waals surface area contributed by atoms with Crippen LogP contribution >= 0.6 is 0 Å². The minimum Gasteiger partial charge on any atom is -0.503 e. The fourth-order valence-electron chi connectivity index (χ4n) is 4.07. The Balaban J connectivity index is 1.82. The summed E-state index contributed by atoms with van der Waals surface area (Å²) >= 11 is 0. The molecule has 1 aliphatic rings. The molecule has 1 atom stereocenters. The van der Waals surface area contributed by atoms with Gasteiger partial charge in [0, 0.05) is 0 Å². The van der Waals surface area contributed by atoms with E-state index < -0.39 is 23.5 Å². The van der Waals surface area contributed by atoms with Crippen molar-refractivity contribution in [1.82, 2.24) is 4.90 Å². The highest BCUT2D eigenvalue weighted by molar-refractivity contribution is 6.14. The van der Waals surface area contributed by atoms with E-state index in [1.54, 1.807) is 30.3 Å². The molecule has 1 aromatic heterocycles. The lowest BCUT2D eigenvalue weighted by molar-refractivity contribution is -0.130. The maximum absolute atomic E-state index is 13.3. The van der Waals surface area contributed by atoms with Gasteiger partial charge in [0.25, 0.3) is 5.91 Å².